The minimum absolute atomic E-state index is 0.0727. The van der Waals surface area contributed by atoms with Crippen LogP contribution >= 0.6 is 0 Å². The van der Waals surface area contributed by atoms with E-state index in [4.69, 9.17) is 5.73 Å². The number of anilines is 2. The SMILES string of the molecule is Cc1ccc(C)c(CC(=O)N(C)c2ccc(N)cc2)c1. The van der Waals surface area contributed by atoms with Gasteiger partial charge in [-0.1, -0.05) is 23.8 Å². The summed E-state index contributed by atoms with van der Waals surface area (Å²) in [5.41, 5.74) is 10.6. The lowest BCUT2D eigenvalue weighted by molar-refractivity contribution is -0.117. The number of carbonyl (C=O) groups is 1. The van der Waals surface area contributed by atoms with Gasteiger partial charge in [-0.05, 0) is 49.2 Å². The summed E-state index contributed by atoms with van der Waals surface area (Å²) in [6.45, 7) is 4.07. The molecule has 0 saturated carbocycles. The Morgan fingerprint density at radius 2 is 1.75 bits per heavy atom. The van der Waals surface area contributed by atoms with Crippen LogP contribution in [0.2, 0.25) is 0 Å². The Bertz CT molecular complexity index is 617. The molecule has 0 radical (unpaired) electrons. The molecule has 2 rings (SSSR count). The van der Waals surface area contributed by atoms with Crippen LogP contribution in [-0.4, -0.2) is 13.0 Å². The molecule has 0 fully saturated rings. The number of nitrogens with two attached hydrogens (primary N) is 1. The van der Waals surface area contributed by atoms with Crippen molar-refractivity contribution < 1.29 is 4.79 Å². The third-order valence-electron chi connectivity index (χ3n) is 3.50. The third-order valence-corrected chi connectivity index (χ3v) is 3.50. The molecule has 0 bridgehead atoms. The van der Waals surface area contributed by atoms with E-state index in [2.05, 4.69) is 18.2 Å². The van der Waals surface area contributed by atoms with Crippen LogP contribution in [-0.2, 0) is 11.2 Å². The lowest BCUT2D eigenvalue weighted by Crippen LogP contribution is -2.28. The number of likely N-dealkylation sites (N-methyl/N-ethyl adjacent to an activating group) is 1. The normalized spacial score (nSPS) is 10.3. The number of rotatable bonds is 3. The van der Waals surface area contributed by atoms with E-state index in [1.165, 1.54) is 5.56 Å². The standard InChI is InChI=1S/C17H20N2O/c1-12-4-5-13(2)14(10-12)11-17(20)19(3)16-8-6-15(18)7-9-16/h4-10H,11,18H2,1-3H3. The van der Waals surface area contributed by atoms with Gasteiger partial charge in [0.2, 0.25) is 5.91 Å². The molecule has 0 spiro atoms. The Kier molecular flexibility index (Phi) is 4.08. The maximum Gasteiger partial charge on any atom is 0.231 e. The summed E-state index contributed by atoms with van der Waals surface area (Å²) in [6.07, 6.45) is 0.411. The summed E-state index contributed by atoms with van der Waals surface area (Å²) in [4.78, 5) is 14.0. The number of hydrogen-bond acceptors (Lipinski definition) is 2. The number of benzene rings is 2. The highest BCUT2D eigenvalue weighted by atomic mass is 16.2. The van der Waals surface area contributed by atoms with Gasteiger partial charge in [0.05, 0.1) is 6.42 Å². The van der Waals surface area contributed by atoms with Gasteiger partial charge in [-0.25, -0.2) is 0 Å². The van der Waals surface area contributed by atoms with Gasteiger partial charge in [-0.15, -0.1) is 0 Å². The van der Waals surface area contributed by atoms with Crippen molar-refractivity contribution in [2.75, 3.05) is 17.7 Å². The first-order valence-electron chi connectivity index (χ1n) is 6.65. The maximum absolute atomic E-state index is 12.4. The molecule has 0 heterocycles. The second-order valence-corrected chi connectivity index (χ2v) is 5.15. The largest absolute Gasteiger partial charge is 0.399 e. The zero-order valence-electron chi connectivity index (χ0n) is 12.2. The molecule has 3 heteroatoms. The van der Waals surface area contributed by atoms with E-state index in [-0.39, 0.29) is 5.91 Å². The Hall–Kier alpha value is -2.29. The van der Waals surface area contributed by atoms with Crippen LogP contribution in [0.1, 0.15) is 16.7 Å². The Labute approximate surface area is 120 Å². The van der Waals surface area contributed by atoms with Gasteiger partial charge in [0, 0.05) is 18.4 Å². The average Bonchev–Trinajstić information content (AvgIpc) is 2.43. The first-order valence-corrected chi connectivity index (χ1v) is 6.65. The van der Waals surface area contributed by atoms with E-state index in [9.17, 15) is 4.79 Å². The average molecular weight is 268 g/mol. The zero-order valence-corrected chi connectivity index (χ0v) is 12.2. The van der Waals surface area contributed by atoms with Crippen LogP contribution in [0.4, 0.5) is 11.4 Å². The maximum atomic E-state index is 12.4. The van der Waals surface area contributed by atoms with Crippen molar-refractivity contribution in [2.45, 2.75) is 20.3 Å². The van der Waals surface area contributed by atoms with Gasteiger partial charge in [0.15, 0.2) is 0 Å². The highest BCUT2D eigenvalue weighted by Gasteiger charge is 2.13. The molecule has 0 aliphatic rings. The molecule has 0 unspecified atom stereocenters. The highest BCUT2D eigenvalue weighted by molar-refractivity contribution is 5.94. The molecule has 0 atom stereocenters. The Balaban J connectivity index is 2.15. The summed E-state index contributed by atoms with van der Waals surface area (Å²) in [6, 6.07) is 13.5. The van der Waals surface area contributed by atoms with Crippen LogP contribution < -0.4 is 10.6 Å². The van der Waals surface area contributed by atoms with Gasteiger partial charge < -0.3 is 10.6 Å². The molecule has 2 N–H and O–H groups in total. The van der Waals surface area contributed by atoms with Gasteiger partial charge >= 0.3 is 0 Å². The van der Waals surface area contributed by atoms with Crippen LogP contribution in [0.5, 0.6) is 0 Å². The van der Waals surface area contributed by atoms with Crippen molar-refractivity contribution in [3.8, 4) is 0 Å². The smallest absolute Gasteiger partial charge is 0.231 e. The molecule has 104 valence electrons. The minimum Gasteiger partial charge on any atom is -0.399 e. The van der Waals surface area contributed by atoms with Gasteiger partial charge in [0.25, 0.3) is 0 Å². The van der Waals surface area contributed by atoms with E-state index in [0.717, 1.165) is 16.8 Å². The molecule has 1 amide bonds. The number of nitrogen functional groups attached to an aromatic ring is 1. The zero-order chi connectivity index (χ0) is 14.7. The lowest BCUT2D eigenvalue weighted by atomic mass is 10.0. The van der Waals surface area contributed by atoms with Crippen molar-refractivity contribution in [1.29, 1.82) is 0 Å². The van der Waals surface area contributed by atoms with E-state index in [0.29, 0.717) is 12.1 Å². The molecular weight excluding hydrogens is 248 g/mol. The number of aryl methyl sites for hydroxylation is 2. The Morgan fingerprint density at radius 3 is 2.40 bits per heavy atom. The summed E-state index contributed by atoms with van der Waals surface area (Å²) in [5, 5.41) is 0. The van der Waals surface area contributed by atoms with E-state index in [1.807, 2.05) is 26.0 Å². The predicted molar refractivity (Wildman–Crippen MR) is 83.9 cm³/mol. The van der Waals surface area contributed by atoms with Crippen molar-refractivity contribution in [3.05, 3.63) is 59.2 Å². The lowest BCUT2D eigenvalue weighted by Gasteiger charge is -2.18. The van der Waals surface area contributed by atoms with Gasteiger partial charge in [-0.2, -0.15) is 0 Å². The molecule has 0 aliphatic heterocycles. The fourth-order valence-electron chi connectivity index (χ4n) is 2.11. The van der Waals surface area contributed by atoms with E-state index in [1.54, 1.807) is 24.1 Å². The summed E-state index contributed by atoms with van der Waals surface area (Å²) < 4.78 is 0. The first-order chi connectivity index (χ1) is 9.47. The minimum atomic E-state index is 0.0727. The molecule has 0 saturated heterocycles. The molecule has 2 aromatic carbocycles. The molecule has 0 aliphatic carbocycles. The van der Waals surface area contributed by atoms with Crippen LogP contribution in [0.3, 0.4) is 0 Å². The van der Waals surface area contributed by atoms with Crippen molar-refractivity contribution in [1.82, 2.24) is 0 Å². The molecule has 20 heavy (non-hydrogen) atoms. The van der Waals surface area contributed by atoms with Gasteiger partial charge in [0.1, 0.15) is 0 Å². The van der Waals surface area contributed by atoms with Crippen LogP contribution in [0, 0.1) is 13.8 Å². The summed E-state index contributed by atoms with van der Waals surface area (Å²) >= 11 is 0. The second-order valence-electron chi connectivity index (χ2n) is 5.15. The topological polar surface area (TPSA) is 46.3 Å². The second kappa shape index (κ2) is 5.78. The quantitative estimate of drug-likeness (QED) is 0.869. The third kappa shape index (κ3) is 3.18. The first kappa shape index (κ1) is 14.1. The Morgan fingerprint density at radius 1 is 1.10 bits per heavy atom. The monoisotopic (exact) mass is 268 g/mol. The van der Waals surface area contributed by atoms with E-state index >= 15 is 0 Å². The number of hydrogen-bond donors (Lipinski definition) is 1. The van der Waals surface area contributed by atoms with Crippen molar-refractivity contribution in [3.63, 3.8) is 0 Å². The number of carbonyl (C=O) groups excluding carboxylic acids is 1. The highest BCUT2D eigenvalue weighted by Crippen LogP contribution is 2.17. The van der Waals surface area contributed by atoms with Crippen LogP contribution in [0.25, 0.3) is 0 Å². The van der Waals surface area contributed by atoms with Crippen LogP contribution in [0.15, 0.2) is 42.5 Å². The molecule has 2 aromatic rings. The fourth-order valence-corrected chi connectivity index (χ4v) is 2.11. The number of nitrogens with zero attached hydrogens (tertiary/aromatic N) is 1. The van der Waals surface area contributed by atoms with Crippen molar-refractivity contribution in [2.24, 2.45) is 0 Å². The molecule has 0 aromatic heterocycles. The number of amides is 1. The summed E-state index contributed by atoms with van der Waals surface area (Å²) in [5.74, 6) is 0.0727. The van der Waals surface area contributed by atoms with Gasteiger partial charge in [-0.3, -0.25) is 4.79 Å². The van der Waals surface area contributed by atoms with Crippen molar-refractivity contribution >= 4 is 17.3 Å². The van der Waals surface area contributed by atoms with E-state index < -0.39 is 0 Å². The summed E-state index contributed by atoms with van der Waals surface area (Å²) in [7, 11) is 1.79. The predicted octanol–water partition coefficient (Wildman–Crippen LogP) is 3.09. The molecular formula is C17H20N2O. The molecule has 3 nitrogen and oxygen atoms in total. The fraction of sp³-hybridized carbons (Fsp3) is 0.235.